The first kappa shape index (κ1) is 9.01. The van der Waals surface area contributed by atoms with Gasteiger partial charge in [0.15, 0.2) is 0 Å². The van der Waals surface area contributed by atoms with Crippen LogP contribution in [0.25, 0.3) is 0 Å². The Hall–Kier alpha value is -0.0800. The zero-order valence-corrected chi connectivity index (χ0v) is 7.80. The summed E-state index contributed by atoms with van der Waals surface area (Å²) in [4.78, 5) is 0. The molecule has 2 nitrogen and oxygen atoms in total. The third-order valence-corrected chi connectivity index (χ3v) is 2.48. The Kier molecular flexibility index (Phi) is 2.90. The molecule has 0 spiro atoms. The van der Waals surface area contributed by atoms with Crippen molar-refractivity contribution in [3.8, 4) is 0 Å². The second-order valence-corrected chi connectivity index (χ2v) is 4.10. The Morgan fingerprint density at radius 1 is 1.55 bits per heavy atom. The highest BCUT2D eigenvalue weighted by Gasteiger charge is 2.37. The number of hydrogen-bond donors (Lipinski definition) is 2. The molecule has 0 aromatic carbocycles. The molecule has 0 aromatic rings. The summed E-state index contributed by atoms with van der Waals surface area (Å²) in [6.45, 7) is 7.57. The molecule has 1 fully saturated rings. The van der Waals surface area contributed by atoms with Crippen molar-refractivity contribution >= 4 is 0 Å². The third-order valence-electron chi connectivity index (χ3n) is 2.48. The topological polar surface area (TPSA) is 38.0 Å². The maximum atomic E-state index is 5.96. The van der Waals surface area contributed by atoms with Gasteiger partial charge in [-0.15, -0.1) is 0 Å². The van der Waals surface area contributed by atoms with Crippen LogP contribution in [-0.4, -0.2) is 18.6 Å². The standard InChI is InChI=1S/C9H20N2/c1-6(2)11-5-9(10)8-4-7(8)3/h6-9,11H,4-5,10H2,1-3H3. The Morgan fingerprint density at radius 3 is 2.45 bits per heavy atom. The molecule has 1 aliphatic rings. The van der Waals surface area contributed by atoms with Crippen LogP contribution in [0.3, 0.4) is 0 Å². The van der Waals surface area contributed by atoms with E-state index in [1.165, 1.54) is 6.42 Å². The summed E-state index contributed by atoms with van der Waals surface area (Å²) in [5.41, 5.74) is 5.96. The molecular formula is C9H20N2. The predicted octanol–water partition coefficient (Wildman–Crippen LogP) is 0.968. The molecule has 0 saturated heterocycles. The van der Waals surface area contributed by atoms with Crippen LogP contribution in [0.1, 0.15) is 27.2 Å². The molecule has 0 bridgehead atoms. The fourth-order valence-corrected chi connectivity index (χ4v) is 1.47. The SMILES string of the molecule is CC(C)NCC(N)C1CC1C. The molecule has 0 aromatic heterocycles. The molecule has 11 heavy (non-hydrogen) atoms. The van der Waals surface area contributed by atoms with Crippen molar-refractivity contribution < 1.29 is 0 Å². The van der Waals surface area contributed by atoms with Gasteiger partial charge in [0.2, 0.25) is 0 Å². The summed E-state index contributed by atoms with van der Waals surface area (Å²) < 4.78 is 0. The average Bonchev–Trinajstić information content (AvgIpc) is 2.61. The second-order valence-electron chi connectivity index (χ2n) is 4.10. The molecular weight excluding hydrogens is 136 g/mol. The van der Waals surface area contributed by atoms with Crippen LogP contribution < -0.4 is 11.1 Å². The first-order chi connectivity index (χ1) is 5.11. The smallest absolute Gasteiger partial charge is 0.0196 e. The minimum absolute atomic E-state index is 0.382. The Morgan fingerprint density at radius 2 is 2.09 bits per heavy atom. The third kappa shape index (κ3) is 2.80. The number of rotatable bonds is 4. The van der Waals surface area contributed by atoms with Gasteiger partial charge in [-0.3, -0.25) is 0 Å². The summed E-state index contributed by atoms with van der Waals surface area (Å²) in [5, 5.41) is 3.36. The van der Waals surface area contributed by atoms with Gasteiger partial charge >= 0.3 is 0 Å². The van der Waals surface area contributed by atoms with Crippen molar-refractivity contribution in [1.82, 2.24) is 5.32 Å². The van der Waals surface area contributed by atoms with Crippen LogP contribution >= 0.6 is 0 Å². The van der Waals surface area contributed by atoms with Crippen molar-refractivity contribution in [2.24, 2.45) is 17.6 Å². The van der Waals surface area contributed by atoms with E-state index in [2.05, 4.69) is 26.1 Å². The number of hydrogen-bond acceptors (Lipinski definition) is 2. The summed E-state index contributed by atoms with van der Waals surface area (Å²) in [6.07, 6.45) is 1.33. The lowest BCUT2D eigenvalue weighted by Crippen LogP contribution is -2.38. The van der Waals surface area contributed by atoms with E-state index in [0.717, 1.165) is 18.4 Å². The predicted molar refractivity (Wildman–Crippen MR) is 48.4 cm³/mol. The Balaban J connectivity index is 2.07. The monoisotopic (exact) mass is 156 g/mol. The second kappa shape index (κ2) is 3.55. The zero-order chi connectivity index (χ0) is 8.43. The van der Waals surface area contributed by atoms with Crippen LogP contribution in [0.2, 0.25) is 0 Å². The Bertz CT molecular complexity index is 123. The van der Waals surface area contributed by atoms with E-state index in [0.29, 0.717) is 12.1 Å². The summed E-state index contributed by atoms with van der Waals surface area (Å²) in [5.74, 6) is 1.67. The molecule has 1 saturated carbocycles. The van der Waals surface area contributed by atoms with Crippen molar-refractivity contribution in [2.45, 2.75) is 39.3 Å². The van der Waals surface area contributed by atoms with Gasteiger partial charge in [-0.25, -0.2) is 0 Å². The van der Waals surface area contributed by atoms with Crippen LogP contribution in [0.5, 0.6) is 0 Å². The van der Waals surface area contributed by atoms with E-state index in [1.54, 1.807) is 0 Å². The van der Waals surface area contributed by atoms with E-state index >= 15 is 0 Å². The van der Waals surface area contributed by atoms with Crippen molar-refractivity contribution in [3.63, 3.8) is 0 Å². The highest BCUT2D eigenvalue weighted by atomic mass is 14.9. The van der Waals surface area contributed by atoms with Gasteiger partial charge in [0.25, 0.3) is 0 Å². The Labute approximate surface area is 69.5 Å². The molecule has 66 valence electrons. The van der Waals surface area contributed by atoms with E-state index in [-0.39, 0.29) is 0 Å². The number of nitrogens with two attached hydrogens (primary N) is 1. The van der Waals surface area contributed by atoms with Gasteiger partial charge in [0, 0.05) is 18.6 Å². The first-order valence-corrected chi connectivity index (χ1v) is 4.60. The molecule has 0 amide bonds. The maximum Gasteiger partial charge on any atom is 0.0196 e. The normalized spacial score (nSPS) is 32.5. The maximum absolute atomic E-state index is 5.96. The molecule has 0 aliphatic heterocycles. The van der Waals surface area contributed by atoms with Crippen molar-refractivity contribution in [2.75, 3.05) is 6.54 Å². The quantitative estimate of drug-likeness (QED) is 0.636. The molecule has 2 heteroatoms. The van der Waals surface area contributed by atoms with Crippen molar-refractivity contribution in [1.29, 1.82) is 0 Å². The van der Waals surface area contributed by atoms with E-state index in [9.17, 15) is 0 Å². The van der Waals surface area contributed by atoms with Crippen LogP contribution in [0.15, 0.2) is 0 Å². The van der Waals surface area contributed by atoms with Gasteiger partial charge in [-0.2, -0.15) is 0 Å². The fourth-order valence-electron chi connectivity index (χ4n) is 1.47. The highest BCUT2D eigenvalue weighted by Crippen LogP contribution is 2.39. The molecule has 0 radical (unpaired) electrons. The van der Waals surface area contributed by atoms with Crippen LogP contribution in [0, 0.1) is 11.8 Å². The molecule has 0 heterocycles. The van der Waals surface area contributed by atoms with E-state index in [4.69, 9.17) is 5.73 Å². The van der Waals surface area contributed by atoms with Gasteiger partial charge in [0.1, 0.15) is 0 Å². The largest absolute Gasteiger partial charge is 0.326 e. The molecule has 1 aliphatic carbocycles. The van der Waals surface area contributed by atoms with Crippen molar-refractivity contribution in [3.05, 3.63) is 0 Å². The summed E-state index contributed by atoms with van der Waals surface area (Å²) in [6, 6.07) is 0.947. The lowest BCUT2D eigenvalue weighted by molar-refractivity contribution is 0.479. The van der Waals surface area contributed by atoms with E-state index < -0.39 is 0 Å². The minimum Gasteiger partial charge on any atom is -0.326 e. The van der Waals surface area contributed by atoms with Gasteiger partial charge in [-0.1, -0.05) is 20.8 Å². The lowest BCUT2D eigenvalue weighted by Gasteiger charge is -2.14. The minimum atomic E-state index is 0.382. The first-order valence-electron chi connectivity index (χ1n) is 4.60. The summed E-state index contributed by atoms with van der Waals surface area (Å²) >= 11 is 0. The van der Waals surface area contributed by atoms with Gasteiger partial charge in [-0.05, 0) is 18.3 Å². The van der Waals surface area contributed by atoms with Crippen LogP contribution in [-0.2, 0) is 0 Å². The molecule has 3 unspecified atom stereocenters. The fraction of sp³-hybridized carbons (Fsp3) is 1.00. The van der Waals surface area contributed by atoms with Gasteiger partial charge in [0.05, 0.1) is 0 Å². The lowest BCUT2D eigenvalue weighted by atomic mass is 10.1. The van der Waals surface area contributed by atoms with E-state index in [1.807, 2.05) is 0 Å². The average molecular weight is 156 g/mol. The summed E-state index contributed by atoms with van der Waals surface area (Å²) in [7, 11) is 0. The number of nitrogens with one attached hydrogen (secondary N) is 1. The highest BCUT2D eigenvalue weighted by molar-refractivity contribution is 4.91. The zero-order valence-electron chi connectivity index (χ0n) is 7.80. The molecule has 1 rings (SSSR count). The molecule has 3 atom stereocenters. The van der Waals surface area contributed by atoms with Crippen LogP contribution in [0.4, 0.5) is 0 Å². The molecule has 3 N–H and O–H groups in total. The van der Waals surface area contributed by atoms with Gasteiger partial charge < -0.3 is 11.1 Å².